The second kappa shape index (κ2) is 5.91. The summed E-state index contributed by atoms with van der Waals surface area (Å²) in [6.07, 6.45) is 1.21. The van der Waals surface area contributed by atoms with E-state index in [9.17, 15) is 5.11 Å². The molecule has 24 heavy (non-hydrogen) atoms. The van der Waals surface area contributed by atoms with E-state index in [0.29, 0.717) is 12.5 Å². The fourth-order valence-corrected chi connectivity index (χ4v) is 4.27. The van der Waals surface area contributed by atoms with Gasteiger partial charge in [-0.05, 0) is 31.5 Å². The molecule has 0 aromatic heterocycles. The number of rotatable bonds is 2. The lowest BCUT2D eigenvalue weighted by molar-refractivity contribution is -0.00773. The van der Waals surface area contributed by atoms with Crippen LogP contribution in [0.15, 0.2) is 48.5 Å². The number of ether oxygens (including phenoxy) is 1. The lowest BCUT2D eigenvalue weighted by atomic mass is 9.86. The highest BCUT2D eigenvalue weighted by Gasteiger charge is 2.48. The molecule has 2 unspecified atom stereocenters. The Labute approximate surface area is 143 Å². The molecule has 3 heteroatoms. The normalized spacial score (nSPS) is 29.5. The zero-order valence-electron chi connectivity index (χ0n) is 14.4. The summed E-state index contributed by atoms with van der Waals surface area (Å²) < 4.78 is 6.44. The number of nitrogens with zero attached hydrogens (tertiary/aromatic N) is 1. The smallest absolute Gasteiger partial charge is 0.126 e. The van der Waals surface area contributed by atoms with Crippen molar-refractivity contribution in [2.24, 2.45) is 0 Å². The van der Waals surface area contributed by atoms with E-state index in [1.165, 1.54) is 5.56 Å². The van der Waals surface area contributed by atoms with Gasteiger partial charge in [0.25, 0.3) is 0 Å². The van der Waals surface area contributed by atoms with E-state index in [4.69, 9.17) is 4.74 Å². The predicted molar refractivity (Wildman–Crippen MR) is 95.0 cm³/mol. The van der Waals surface area contributed by atoms with Crippen LogP contribution in [0, 0.1) is 6.92 Å². The minimum Gasteiger partial charge on any atom is -0.485 e. The monoisotopic (exact) mass is 323 g/mol. The maximum absolute atomic E-state index is 10.7. The third-order valence-corrected chi connectivity index (χ3v) is 5.43. The first-order valence-corrected chi connectivity index (χ1v) is 8.80. The van der Waals surface area contributed by atoms with Crippen LogP contribution in [0.2, 0.25) is 0 Å². The average molecular weight is 323 g/mol. The van der Waals surface area contributed by atoms with E-state index in [2.05, 4.69) is 55.1 Å². The third kappa shape index (κ3) is 2.83. The van der Waals surface area contributed by atoms with Crippen LogP contribution in [0.4, 0.5) is 0 Å². The molecular weight excluding hydrogens is 298 g/mol. The highest BCUT2D eigenvalue weighted by atomic mass is 16.5. The Morgan fingerprint density at radius 1 is 1.17 bits per heavy atom. The fourth-order valence-electron chi connectivity index (χ4n) is 4.27. The lowest BCUT2D eigenvalue weighted by Gasteiger charge is -2.38. The predicted octanol–water partition coefficient (Wildman–Crippen LogP) is 3.84. The number of aliphatic hydroxyl groups excluding tert-OH is 1. The molecule has 1 spiro atoms. The maximum Gasteiger partial charge on any atom is 0.126 e. The Morgan fingerprint density at radius 2 is 1.96 bits per heavy atom. The summed E-state index contributed by atoms with van der Waals surface area (Å²) in [5.74, 6) is 0.855. The van der Waals surface area contributed by atoms with E-state index >= 15 is 0 Å². The van der Waals surface area contributed by atoms with Crippen molar-refractivity contribution in [1.82, 2.24) is 4.90 Å². The van der Waals surface area contributed by atoms with E-state index < -0.39 is 6.10 Å². The van der Waals surface area contributed by atoms with E-state index in [1.807, 2.05) is 12.1 Å². The van der Waals surface area contributed by atoms with E-state index in [-0.39, 0.29) is 5.60 Å². The summed E-state index contributed by atoms with van der Waals surface area (Å²) in [4.78, 5) is 2.47. The van der Waals surface area contributed by atoms with Crippen molar-refractivity contribution in [3.05, 3.63) is 65.2 Å². The standard InChI is InChI=1S/C21H25NO2/c1-15-8-9-20-18(10-15)19(23)12-21(24-20)11-16(2)22(14-21)13-17-6-4-3-5-7-17/h3-10,16,19,23H,11-14H2,1-2H3/t16?,19-,21?/m0/s1. The third-order valence-electron chi connectivity index (χ3n) is 5.43. The summed E-state index contributed by atoms with van der Waals surface area (Å²) in [6.45, 7) is 6.12. The number of hydrogen-bond donors (Lipinski definition) is 1. The zero-order valence-corrected chi connectivity index (χ0v) is 14.4. The van der Waals surface area contributed by atoms with Gasteiger partial charge >= 0.3 is 0 Å². The molecule has 2 aliphatic rings. The molecule has 2 aromatic carbocycles. The largest absolute Gasteiger partial charge is 0.485 e. The van der Waals surface area contributed by atoms with Crippen LogP contribution in [0.5, 0.6) is 5.75 Å². The summed E-state index contributed by atoms with van der Waals surface area (Å²) in [5, 5.41) is 10.7. The highest BCUT2D eigenvalue weighted by Crippen LogP contribution is 2.45. The van der Waals surface area contributed by atoms with E-state index in [1.54, 1.807) is 0 Å². The lowest BCUT2D eigenvalue weighted by Crippen LogP contribution is -2.43. The van der Waals surface area contributed by atoms with Gasteiger partial charge in [0.1, 0.15) is 11.4 Å². The highest BCUT2D eigenvalue weighted by molar-refractivity contribution is 5.41. The van der Waals surface area contributed by atoms with Crippen molar-refractivity contribution < 1.29 is 9.84 Å². The summed E-state index contributed by atoms with van der Waals surface area (Å²) >= 11 is 0. The molecule has 126 valence electrons. The molecule has 2 heterocycles. The van der Waals surface area contributed by atoms with Crippen LogP contribution in [-0.4, -0.2) is 28.2 Å². The quantitative estimate of drug-likeness (QED) is 0.911. The molecule has 0 radical (unpaired) electrons. The molecule has 2 aromatic rings. The molecule has 0 amide bonds. The van der Waals surface area contributed by atoms with Crippen LogP contribution in [0.25, 0.3) is 0 Å². The van der Waals surface area contributed by atoms with Crippen LogP contribution >= 0.6 is 0 Å². The van der Waals surface area contributed by atoms with Crippen LogP contribution in [0.1, 0.15) is 42.6 Å². The molecular formula is C21H25NO2. The SMILES string of the molecule is Cc1ccc2c(c1)[C@@H](O)CC1(CC(C)N(Cc3ccccc3)C1)O2. The van der Waals surface area contributed by atoms with Gasteiger partial charge in [-0.15, -0.1) is 0 Å². The number of benzene rings is 2. The summed E-state index contributed by atoms with van der Waals surface area (Å²) in [6, 6.07) is 17.1. The van der Waals surface area contributed by atoms with Gasteiger partial charge in [-0.25, -0.2) is 0 Å². The van der Waals surface area contributed by atoms with Crippen LogP contribution in [-0.2, 0) is 6.54 Å². The van der Waals surface area contributed by atoms with Crippen LogP contribution in [0.3, 0.4) is 0 Å². The minimum absolute atomic E-state index is 0.268. The molecule has 0 aliphatic carbocycles. The molecule has 0 bridgehead atoms. The topological polar surface area (TPSA) is 32.7 Å². The fraction of sp³-hybridized carbons (Fsp3) is 0.429. The molecule has 2 aliphatic heterocycles. The van der Waals surface area contributed by atoms with Gasteiger partial charge in [0.2, 0.25) is 0 Å². The molecule has 1 saturated heterocycles. The Balaban J connectivity index is 1.56. The first-order chi connectivity index (χ1) is 11.5. The number of likely N-dealkylation sites (tertiary alicyclic amines) is 1. The number of fused-ring (bicyclic) bond motifs is 1. The number of aryl methyl sites for hydroxylation is 1. The Bertz CT molecular complexity index is 730. The van der Waals surface area contributed by atoms with Gasteiger partial charge in [-0.1, -0.05) is 42.0 Å². The van der Waals surface area contributed by atoms with Crippen molar-refractivity contribution in [3.8, 4) is 5.75 Å². The van der Waals surface area contributed by atoms with Crippen molar-refractivity contribution in [3.63, 3.8) is 0 Å². The summed E-state index contributed by atoms with van der Waals surface area (Å²) in [5.41, 5.74) is 3.16. The van der Waals surface area contributed by atoms with Gasteiger partial charge in [0.05, 0.1) is 6.10 Å². The molecule has 0 saturated carbocycles. The average Bonchev–Trinajstić information content (AvgIpc) is 2.84. The van der Waals surface area contributed by atoms with Gasteiger partial charge < -0.3 is 9.84 Å². The van der Waals surface area contributed by atoms with E-state index in [0.717, 1.165) is 36.4 Å². The molecule has 1 fully saturated rings. The van der Waals surface area contributed by atoms with Gasteiger partial charge in [0.15, 0.2) is 0 Å². The van der Waals surface area contributed by atoms with Crippen LogP contribution < -0.4 is 4.74 Å². The Kier molecular flexibility index (Phi) is 3.86. The second-order valence-electron chi connectivity index (χ2n) is 7.49. The van der Waals surface area contributed by atoms with Gasteiger partial charge in [-0.2, -0.15) is 0 Å². The number of aliphatic hydroxyl groups is 1. The van der Waals surface area contributed by atoms with Crippen molar-refractivity contribution >= 4 is 0 Å². The first kappa shape index (κ1) is 15.7. The molecule has 4 rings (SSSR count). The Morgan fingerprint density at radius 3 is 2.75 bits per heavy atom. The van der Waals surface area contributed by atoms with Crippen molar-refractivity contribution in [2.45, 2.75) is 51.0 Å². The second-order valence-corrected chi connectivity index (χ2v) is 7.49. The molecule has 3 nitrogen and oxygen atoms in total. The van der Waals surface area contributed by atoms with Gasteiger partial charge in [0, 0.05) is 37.5 Å². The van der Waals surface area contributed by atoms with Gasteiger partial charge in [-0.3, -0.25) is 4.90 Å². The maximum atomic E-state index is 10.7. The van der Waals surface area contributed by atoms with Crippen molar-refractivity contribution in [1.29, 1.82) is 0 Å². The molecule has 3 atom stereocenters. The Hall–Kier alpha value is -1.84. The zero-order chi connectivity index (χ0) is 16.7. The first-order valence-electron chi connectivity index (χ1n) is 8.80. The number of hydrogen-bond acceptors (Lipinski definition) is 3. The molecule has 1 N–H and O–H groups in total. The van der Waals surface area contributed by atoms with Crippen molar-refractivity contribution in [2.75, 3.05) is 6.54 Å². The minimum atomic E-state index is -0.433. The summed E-state index contributed by atoms with van der Waals surface area (Å²) in [7, 11) is 0.